The number of rotatable bonds is 11. The molecule has 4 aliphatic heterocycles. The Balaban J connectivity index is 1.43. The molecule has 10 nitrogen and oxygen atoms in total. The van der Waals surface area contributed by atoms with Crippen molar-refractivity contribution < 1.29 is 38.2 Å². The zero-order valence-electron chi connectivity index (χ0n) is 31.2. The minimum atomic E-state index is -0.457. The van der Waals surface area contributed by atoms with Gasteiger partial charge in [0.05, 0.1) is 0 Å². The highest BCUT2D eigenvalue weighted by atomic mass is 32.1. The van der Waals surface area contributed by atoms with Gasteiger partial charge in [0, 0.05) is 43.5 Å². The van der Waals surface area contributed by atoms with Crippen LogP contribution in [0.3, 0.4) is 0 Å². The van der Waals surface area contributed by atoms with Gasteiger partial charge in [0.2, 0.25) is 0 Å². The molecule has 7 rings (SSSR count). The van der Waals surface area contributed by atoms with Crippen molar-refractivity contribution in [3.05, 3.63) is 89.0 Å². The zero-order valence-corrected chi connectivity index (χ0v) is 32.1. The zero-order chi connectivity index (χ0) is 38.4. The van der Waals surface area contributed by atoms with Crippen molar-refractivity contribution in [3.8, 4) is 17.2 Å². The van der Waals surface area contributed by atoms with E-state index in [0.29, 0.717) is 30.8 Å². The smallest absolute Gasteiger partial charge is 0.311 e. The Morgan fingerprint density at radius 1 is 0.574 bits per heavy atom. The second-order valence-corrected chi connectivity index (χ2v) is 14.2. The number of amides is 2. The molecule has 4 heterocycles. The van der Waals surface area contributed by atoms with Gasteiger partial charge in [-0.1, -0.05) is 88.5 Å². The second kappa shape index (κ2) is 23.9. The van der Waals surface area contributed by atoms with Crippen LogP contribution in [-0.4, -0.2) is 35.5 Å². The first-order chi connectivity index (χ1) is 26.3. The van der Waals surface area contributed by atoms with E-state index in [9.17, 15) is 24.0 Å². The predicted molar refractivity (Wildman–Crippen MR) is 211 cm³/mol. The van der Waals surface area contributed by atoms with E-state index in [1.165, 1.54) is 37.5 Å². The van der Waals surface area contributed by atoms with E-state index in [-0.39, 0.29) is 48.3 Å². The molecule has 0 saturated carbocycles. The summed E-state index contributed by atoms with van der Waals surface area (Å²) in [5.41, 5.74) is 1.87. The van der Waals surface area contributed by atoms with Gasteiger partial charge in [-0.3, -0.25) is 24.0 Å². The number of thiol groups is 1. The molecule has 2 N–H and O–H groups in total. The molecule has 6 bridgehead atoms. The van der Waals surface area contributed by atoms with Gasteiger partial charge in [-0.2, -0.15) is 12.6 Å². The molecular formula is C43H54N2O8S. The summed E-state index contributed by atoms with van der Waals surface area (Å²) in [6.45, 7) is 0.359. The average molecular weight is 759 g/mol. The van der Waals surface area contributed by atoms with Crippen LogP contribution in [0.2, 0.25) is 0 Å². The Morgan fingerprint density at radius 3 is 1.46 bits per heavy atom. The van der Waals surface area contributed by atoms with E-state index in [4.69, 9.17) is 14.2 Å². The van der Waals surface area contributed by atoms with E-state index in [0.717, 1.165) is 81.1 Å². The quantitative estimate of drug-likeness (QED) is 0.0764. The summed E-state index contributed by atoms with van der Waals surface area (Å²) in [7, 11) is 0. The third-order valence-corrected chi connectivity index (χ3v) is 9.50. The Kier molecular flexibility index (Phi) is 18.6. The summed E-state index contributed by atoms with van der Waals surface area (Å²) in [5.74, 6) is -0.0763. The first-order valence-corrected chi connectivity index (χ1v) is 20.0. The topological polar surface area (TPSA) is 137 Å². The molecule has 0 fully saturated rings. The van der Waals surface area contributed by atoms with Crippen LogP contribution >= 0.6 is 12.6 Å². The fourth-order valence-electron chi connectivity index (χ4n) is 6.07. The number of unbranched alkanes of at least 4 members (excludes halogenated alkanes) is 7. The largest absolute Gasteiger partial charge is 0.427 e. The highest BCUT2D eigenvalue weighted by molar-refractivity contribution is 7.80. The van der Waals surface area contributed by atoms with Gasteiger partial charge in [0.25, 0.3) is 11.8 Å². The van der Waals surface area contributed by atoms with Gasteiger partial charge >= 0.3 is 17.9 Å². The second-order valence-electron chi connectivity index (χ2n) is 13.7. The maximum Gasteiger partial charge on any atom is 0.311 e. The molecule has 0 unspecified atom stereocenters. The monoisotopic (exact) mass is 758 g/mol. The molecule has 0 aromatic heterocycles. The lowest BCUT2D eigenvalue weighted by Gasteiger charge is -2.12. The van der Waals surface area contributed by atoms with Gasteiger partial charge in [0.15, 0.2) is 0 Å². The third-order valence-electron chi connectivity index (χ3n) is 9.18. The standard InChI is InChI=1S/C43H54N2O8S/c46-39-15-11-8-4-5-9-12-16-40(47)52-37-24-20-33(21-25-37)31-45-43(50)35-27-34(42(49)44-30-32-18-22-36(51-39)23-19-32)28-38(29-35)53-41(48)17-13-7-3-1-2-6-10-14-26-54/h18-25,27-29,54H,1-17,26,30-31H2,(H,44,49)(H,45,50). The molecule has 0 atom stereocenters. The molecule has 3 aromatic rings. The number of ether oxygens (including phenoxy) is 3. The number of hydrogen-bond donors (Lipinski definition) is 3. The normalized spacial score (nSPS) is 15.2. The maximum atomic E-state index is 13.4. The summed E-state index contributed by atoms with van der Waals surface area (Å²) in [4.78, 5) is 64.3. The number of hydrogen-bond acceptors (Lipinski definition) is 9. The molecule has 4 aliphatic rings. The highest BCUT2D eigenvalue weighted by Crippen LogP contribution is 2.21. The van der Waals surface area contributed by atoms with Crippen molar-refractivity contribution in [1.29, 1.82) is 0 Å². The molecule has 3 aromatic carbocycles. The maximum absolute atomic E-state index is 13.4. The Bertz CT molecular complexity index is 1560. The van der Waals surface area contributed by atoms with Crippen molar-refractivity contribution >= 4 is 42.4 Å². The fourth-order valence-corrected chi connectivity index (χ4v) is 6.30. The van der Waals surface area contributed by atoms with Crippen molar-refractivity contribution in [3.63, 3.8) is 0 Å². The van der Waals surface area contributed by atoms with E-state index in [1.54, 1.807) is 48.5 Å². The summed E-state index contributed by atoms with van der Waals surface area (Å²) in [6.07, 6.45) is 14.6. The minimum absolute atomic E-state index is 0.106. The number of nitrogens with one attached hydrogen (secondary N) is 2. The van der Waals surface area contributed by atoms with Crippen molar-refractivity contribution in [1.82, 2.24) is 10.6 Å². The lowest BCUT2D eigenvalue weighted by Crippen LogP contribution is -2.25. The summed E-state index contributed by atoms with van der Waals surface area (Å²) < 4.78 is 16.6. The fraction of sp³-hybridized carbons (Fsp3) is 0.465. The van der Waals surface area contributed by atoms with Crippen molar-refractivity contribution in [2.75, 3.05) is 5.75 Å². The Morgan fingerprint density at radius 2 is 1.00 bits per heavy atom. The van der Waals surface area contributed by atoms with E-state index < -0.39 is 17.8 Å². The van der Waals surface area contributed by atoms with E-state index in [1.807, 2.05) is 0 Å². The van der Waals surface area contributed by atoms with Crippen LogP contribution in [0.5, 0.6) is 17.2 Å². The van der Waals surface area contributed by atoms with Gasteiger partial charge in [-0.15, -0.1) is 0 Å². The van der Waals surface area contributed by atoms with Crippen LogP contribution in [0.4, 0.5) is 0 Å². The van der Waals surface area contributed by atoms with Crippen LogP contribution in [0.25, 0.3) is 0 Å². The molecule has 290 valence electrons. The van der Waals surface area contributed by atoms with Crippen molar-refractivity contribution in [2.45, 2.75) is 122 Å². The van der Waals surface area contributed by atoms with E-state index in [2.05, 4.69) is 23.3 Å². The lowest BCUT2D eigenvalue weighted by molar-refractivity contribution is -0.135. The van der Waals surface area contributed by atoms with Crippen LogP contribution in [0.1, 0.15) is 141 Å². The van der Waals surface area contributed by atoms with Gasteiger partial charge in [0.1, 0.15) is 17.2 Å². The molecule has 54 heavy (non-hydrogen) atoms. The Hall–Kier alpha value is -4.64. The predicted octanol–water partition coefficient (Wildman–Crippen LogP) is 8.84. The van der Waals surface area contributed by atoms with Gasteiger partial charge in [-0.25, -0.2) is 0 Å². The minimum Gasteiger partial charge on any atom is -0.427 e. The molecule has 0 radical (unpaired) electrons. The SMILES string of the molecule is O=C(CCCCCCCCCCS)Oc1cc2cc(c1)C(=O)NCc1ccc(cc1)OC(=O)CCCCCCCCC(=O)Oc1ccc(cc1)CNC2=O. The third kappa shape index (κ3) is 16.2. The lowest BCUT2D eigenvalue weighted by atomic mass is 10.1. The molecule has 2 amide bonds. The average Bonchev–Trinajstić information content (AvgIpc) is 3.17. The van der Waals surface area contributed by atoms with Crippen LogP contribution in [0.15, 0.2) is 66.7 Å². The number of benzene rings is 3. The first kappa shape index (κ1) is 42.1. The van der Waals surface area contributed by atoms with Gasteiger partial charge in [-0.05, 0) is 85.0 Å². The number of carbonyl (C=O) groups excluding carboxylic acids is 5. The molecule has 0 aliphatic carbocycles. The van der Waals surface area contributed by atoms with Crippen LogP contribution in [-0.2, 0) is 27.5 Å². The van der Waals surface area contributed by atoms with Gasteiger partial charge < -0.3 is 24.8 Å². The van der Waals surface area contributed by atoms with E-state index >= 15 is 0 Å². The molecule has 0 spiro atoms. The van der Waals surface area contributed by atoms with Crippen molar-refractivity contribution in [2.24, 2.45) is 0 Å². The summed E-state index contributed by atoms with van der Waals surface area (Å²) in [6, 6.07) is 18.2. The van der Waals surface area contributed by atoms with Crippen LogP contribution < -0.4 is 24.8 Å². The molecule has 11 heteroatoms. The summed E-state index contributed by atoms with van der Waals surface area (Å²) >= 11 is 4.25. The Labute approximate surface area is 324 Å². The summed E-state index contributed by atoms with van der Waals surface area (Å²) in [5, 5.41) is 5.72. The van der Waals surface area contributed by atoms with Crippen LogP contribution in [0, 0.1) is 0 Å². The number of esters is 3. The first-order valence-electron chi connectivity index (χ1n) is 19.4. The molecule has 0 saturated heterocycles. The number of carbonyl (C=O) groups is 5. The highest BCUT2D eigenvalue weighted by Gasteiger charge is 2.17. The molecular weight excluding hydrogens is 705 g/mol.